The molecule has 0 heterocycles. The zero-order valence-corrected chi connectivity index (χ0v) is 14.5. The fourth-order valence-corrected chi connectivity index (χ4v) is 4.27. The van der Waals surface area contributed by atoms with Crippen LogP contribution < -0.4 is 0 Å². The monoisotopic (exact) mass is 340 g/mol. The van der Waals surface area contributed by atoms with Gasteiger partial charge in [-0.1, -0.05) is 66.7 Å². The lowest BCUT2D eigenvalue weighted by Gasteiger charge is -2.19. The van der Waals surface area contributed by atoms with Crippen LogP contribution in [0.25, 0.3) is 17.2 Å². The van der Waals surface area contributed by atoms with Gasteiger partial charge in [0.2, 0.25) is 0 Å². The van der Waals surface area contributed by atoms with E-state index in [1.54, 1.807) is 0 Å². The van der Waals surface area contributed by atoms with E-state index in [9.17, 15) is 5.11 Å². The summed E-state index contributed by atoms with van der Waals surface area (Å²) < 4.78 is 5.89. The molecule has 0 fully saturated rings. The summed E-state index contributed by atoms with van der Waals surface area (Å²) in [6.45, 7) is 0.354. The fraction of sp³-hybridized carbons (Fsp3) is 0.167. The quantitative estimate of drug-likeness (QED) is 0.581. The van der Waals surface area contributed by atoms with Crippen molar-refractivity contribution in [1.82, 2.24) is 0 Å². The lowest BCUT2D eigenvalue weighted by Crippen LogP contribution is -2.07. The highest BCUT2D eigenvalue weighted by Gasteiger charge is 2.29. The number of aliphatic hydroxyl groups is 1. The van der Waals surface area contributed by atoms with Crippen LogP contribution in [0.1, 0.15) is 33.7 Å². The van der Waals surface area contributed by atoms with Crippen LogP contribution in [-0.2, 0) is 11.2 Å². The Hall–Kier alpha value is -2.84. The van der Waals surface area contributed by atoms with Crippen LogP contribution in [0.5, 0.6) is 0 Å². The van der Waals surface area contributed by atoms with Crippen molar-refractivity contribution in [1.29, 1.82) is 0 Å². The number of benzene rings is 3. The summed E-state index contributed by atoms with van der Waals surface area (Å²) in [5.41, 5.74) is 9.22. The van der Waals surface area contributed by atoms with Crippen molar-refractivity contribution < 1.29 is 9.84 Å². The second kappa shape index (κ2) is 6.15. The Morgan fingerprint density at radius 2 is 1.69 bits per heavy atom. The van der Waals surface area contributed by atoms with Crippen LogP contribution in [0.4, 0.5) is 0 Å². The predicted octanol–water partition coefficient (Wildman–Crippen LogP) is 4.75. The molecule has 0 aliphatic heterocycles. The summed E-state index contributed by atoms with van der Waals surface area (Å²) in [4.78, 5) is 0. The molecule has 0 spiro atoms. The molecule has 0 aromatic heterocycles. The first kappa shape index (κ1) is 15.4. The lowest BCUT2D eigenvalue weighted by molar-refractivity contribution is 0.141. The second-order valence-corrected chi connectivity index (χ2v) is 6.93. The molecule has 1 unspecified atom stereocenters. The van der Waals surface area contributed by atoms with Gasteiger partial charge in [-0.3, -0.25) is 0 Å². The van der Waals surface area contributed by atoms with E-state index in [0.29, 0.717) is 6.61 Å². The third kappa shape index (κ3) is 2.38. The average Bonchev–Trinajstić information content (AvgIpc) is 3.23. The van der Waals surface area contributed by atoms with E-state index in [2.05, 4.69) is 72.8 Å². The summed E-state index contributed by atoms with van der Waals surface area (Å²) >= 11 is 0. The van der Waals surface area contributed by atoms with Crippen molar-refractivity contribution in [2.75, 3.05) is 13.2 Å². The Morgan fingerprint density at radius 3 is 2.62 bits per heavy atom. The molecule has 26 heavy (non-hydrogen) atoms. The smallest absolute Gasteiger partial charge is 0.111 e. The summed E-state index contributed by atoms with van der Waals surface area (Å²) in [5.74, 6) is 1.03. The van der Waals surface area contributed by atoms with Gasteiger partial charge < -0.3 is 9.84 Å². The number of hydrogen-bond acceptors (Lipinski definition) is 2. The third-order valence-corrected chi connectivity index (χ3v) is 5.40. The van der Waals surface area contributed by atoms with Gasteiger partial charge >= 0.3 is 0 Å². The zero-order chi connectivity index (χ0) is 17.5. The van der Waals surface area contributed by atoms with Crippen LogP contribution in [-0.4, -0.2) is 18.3 Å². The van der Waals surface area contributed by atoms with E-state index < -0.39 is 0 Å². The SMILES string of the molecule is OCCOC1=Cc2ccccc2C1c1ccc2c(c1)Cc1ccccc1-2. The normalized spacial score (nSPS) is 16.7. The van der Waals surface area contributed by atoms with Gasteiger partial charge in [-0.05, 0) is 51.4 Å². The molecule has 2 aliphatic rings. The topological polar surface area (TPSA) is 29.5 Å². The lowest BCUT2D eigenvalue weighted by atomic mass is 9.90. The Bertz CT molecular complexity index is 1020. The van der Waals surface area contributed by atoms with Crippen LogP contribution in [0.15, 0.2) is 72.5 Å². The van der Waals surface area contributed by atoms with Gasteiger partial charge in [0.1, 0.15) is 12.4 Å². The van der Waals surface area contributed by atoms with Crippen LogP contribution in [0.3, 0.4) is 0 Å². The van der Waals surface area contributed by atoms with Gasteiger partial charge in [-0.25, -0.2) is 0 Å². The Kier molecular flexibility index (Phi) is 3.65. The Labute approximate surface area is 153 Å². The predicted molar refractivity (Wildman–Crippen MR) is 104 cm³/mol. The maximum absolute atomic E-state index is 9.18. The van der Waals surface area contributed by atoms with Gasteiger partial charge in [-0.2, -0.15) is 0 Å². The molecule has 1 atom stereocenters. The molecule has 2 nitrogen and oxygen atoms in total. The molecule has 0 saturated heterocycles. The summed E-state index contributed by atoms with van der Waals surface area (Å²) in [6.07, 6.45) is 3.10. The molecule has 3 aromatic carbocycles. The molecular formula is C24H20O2. The van der Waals surface area contributed by atoms with E-state index in [1.807, 2.05) is 0 Å². The van der Waals surface area contributed by atoms with Crippen molar-refractivity contribution in [3.8, 4) is 11.1 Å². The average molecular weight is 340 g/mol. The number of rotatable bonds is 4. The molecule has 2 heteroatoms. The van der Waals surface area contributed by atoms with Crippen molar-refractivity contribution >= 4 is 6.08 Å². The highest BCUT2D eigenvalue weighted by atomic mass is 16.5. The van der Waals surface area contributed by atoms with Crippen molar-refractivity contribution in [3.05, 3.63) is 100 Å². The van der Waals surface area contributed by atoms with E-state index >= 15 is 0 Å². The van der Waals surface area contributed by atoms with Crippen LogP contribution >= 0.6 is 0 Å². The van der Waals surface area contributed by atoms with Gasteiger partial charge in [0.15, 0.2) is 0 Å². The number of aliphatic hydroxyl groups excluding tert-OH is 1. The first-order chi connectivity index (χ1) is 12.8. The van der Waals surface area contributed by atoms with Gasteiger partial charge in [-0.15, -0.1) is 0 Å². The molecule has 1 N–H and O–H groups in total. The fourth-order valence-electron chi connectivity index (χ4n) is 4.27. The highest BCUT2D eigenvalue weighted by Crippen LogP contribution is 2.44. The van der Waals surface area contributed by atoms with E-state index in [0.717, 1.165) is 12.2 Å². The second-order valence-electron chi connectivity index (χ2n) is 6.93. The molecule has 128 valence electrons. The number of ether oxygens (including phenoxy) is 1. The largest absolute Gasteiger partial charge is 0.495 e. The minimum Gasteiger partial charge on any atom is -0.495 e. The molecule has 0 amide bonds. The van der Waals surface area contributed by atoms with E-state index in [4.69, 9.17) is 4.74 Å². The molecule has 0 radical (unpaired) electrons. The first-order valence-corrected chi connectivity index (χ1v) is 9.10. The van der Waals surface area contributed by atoms with Gasteiger partial charge in [0.25, 0.3) is 0 Å². The standard InChI is InChI=1S/C24H20O2/c25-11-12-26-23-15-17-6-2-4-8-22(17)24(23)18-9-10-21-19(14-18)13-16-5-1-3-7-20(16)21/h1-10,14-15,24-25H,11-13H2. The summed E-state index contributed by atoms with van der Waals surface area (Å²) in [6, 6.07) is 23.9. The highest BCUT2D eigenvalue weighted by molar-refractivity contribution is 5.78. The zero-order valence-electron chi connectivity index (χ0n) is 14.5. The molecule has 0 bridgehead atoms. The molecule has 5 rings (SSSR count). The van der Waals surface area contributed by atoms with Crippen LogP contribution in [0.2, 0.25) is 0 Å². The van der Waals surface area contributed by atoms with Crippen molar-refractivity contribution in [3.63, 3.8) is 0 Å². The number of allylic oxidation sites excluding steroid dienone is 1. The molecule has 3 aromatic rings. The number of hydrogen-bond donors (Lipinski definition) is 1. The van der Waals surface area contributed by atoms with E-state index in [-0.39, 0.29) is 12.5 Å². The summed E-state index contributed by atoms with van der Waals surface area (Å²) in [7, 11) is 0. The molecule has 0 saturated carbocycles. The number of fused-ring (bicyclic) bond motifs is 4. The first-order valence-electron chi connectivity index (χ1n) is 9.10. The van der Waals surface area contributed by atoms with Crippen molar-refractivity contribution in [2.45, 2.75) is 12.3 Å². The molecular weight excluding hydrogens is 320 g/mol. The van der Waals surface area contributed by atoms with Gasteiger partial charge in [0, 0.05) is 0 Å². The van der Waals surface area contributed by atoms with E-state index in [1.165, 1.54) is 38.9 Å². The van der Waals surface area contributed by atoms with Gasteiger partial charge in [0.05, 0.1) is 12.5 Å². The molecule has 2 aliphatic carbocycles. The third-order valence-electron chi connectivity index (χ3n) is 5.40. The Balaban J connectivity index is 1.57. The summed E-state index contributed by atoms with van der Waals surface area (Å²) in [5, 5.41) is 9.18. The minimum absolute atomic E-state index is 0.0277. The minimum atomic E-state index is 0.0277. The Morgan fingerprint density at radius 1 is 0.885 bits per heavy atom. The van der Waals surface area contributed by atoms with Crippen LogP contribution in [0, 0.1) is 0 Å². The maximum atomic E-state index is 9.18. The van der Waals surface area contributed by atoms with Crippen molar-refractivity contribution in [2.24, 2.45) is 0 Å². The maximum Gasteiger partial charge on any atom is 0.111 e.